The Kier molecular flexibility index (Phi) is 6.50. The van der Waals surface area contributed by atoms with Gasteiger partial charge in [0.2, 0.25) is 0 Å². The van der Waals surface area contributed by atoms with Gasteiger partial charge in [-0.25, -0.2) is 9.78 Å². The largest absolute Gasteiger partial charge is 0.463 e. The fourth-order valence-corrected chi connectivity index (χ4v) is 2.17. The molecule has 1 rings (SSSR count). The van der Waals surface area contributed by atoms with Crippen molar-refractivity contribution in [1.82, 2.24) is 10.3 Å². The standard InChI is InChI=1S/C12H18N2O2S/c1-3-10(12-14-8-9-17-12)13-7-5-6-11(15)16-4-2/h5-6,8-10,13H,3-4,7H2,1-2H3/b6-5+. The molecule has 0 aliphatic carbocycles. The van der Waals surface area contributed by atoms with Crippen molar-refractivity contribution >= 4 is 17.3 Å². The fraction of sp³-hybridized carbons (Fsp3) is 0.500. The van der Waals surface area contributed by atoms with Gasteiger partial charge in [0.05, 0.1) is 12.6 Å². The molecule has 0 fully saturated rings. The van der Waals surface area contributed by atoms with Crippen LogP contribution in [0.15, 0.2) is 23.7 Å². The highest BCUT2D eigenvalue weighted by molar-refractivity contribution is 7.09. The number of carbonyl (C=O) groups is 1. The molecule has 0 saturated heterocycles. The molecule has 5 heteroatoms. The molecular formula is C12H18N2O2S. The number of hydrogen-bond donors (Lipinski definition) is 1. The molecule has 0 amide bonds. The van der Waals surface area contributed by atoms with Crippen molar-refractivity contribution in [2.24, 2.45) is 0 Å². The van der Waals surface area contributed by atoms with Crippen LogP contribution in [0.25, 0.3) is 0 Å². The zero-order valence-electron chi connectivity index (χ0n) is 10.2. The maximum atomic E-state index is 11.0. The molecule has 4 nitrogen and oxygen atoms in total. The second-order valence-corrected chi connectivity index (χ2v) is 4.32. The summed E-state index contributed by atoms with van der Waals surface area (Å²) >= 11 is 1.64. The van der Waals surface area contributed by atoms with Crippen LogP contribution >= 0.6 is 11.3 Å². The highest BCUT2D eigenvalue weighted by Gasteiger charge is 2.09. The number of aromatic nitrogens is 1. The van der Waals surface area contributed by atoms with Crippen LogP contribution in [0.2, 0.25) is 0 Å². The van der Waals surface area contributed by atoms with Gasteiger partial charge in [-0.05, 0) is 13.3 Å². The Morgan fingerprint density at radius 2 is 2.47 bits per heavy atom. The monoisotopic (exact) mass is 254 g/mol. The lowest BCUT2D eigenvalue weighted by Crippen LogP contribution is -2.20. The molecule has 1 N–H and O–H groups in total. The van der Waals surface area contributed by atoms with Crippen molar-refractivity contribution < 1.29 is 9.53 Å². The maximum Gasteiger partial charge on any atom is 0.330 e. The Balaban J connectivity index is 2.32. The number of rotatable bonds is 7. The van der Waals surface area contributed by atoms with Crippen molar-refractivity contribution in [1.29, 1.82) is 0 Å². The van der Waals surface area contributed by atoms with Crippen LogP contribution in [-0.2, 0) is 9.53 Å². The lowest BCUT2D eigenvalue weighted by Gasteiger charge is -2.12. The van der Waals surface area contributed by atoms with Crippen LogP contribution in [0.1, 0.15) is 31.3 Å². The van der Waals surface area contributed by atoms with Crippen molar-refractivity contribution in [3.8, 4) is 0 Å². The molecule has 0 spiro atoms. The molecule has 0 aliphatic heterocycles. The summed E-state index contributed by atoms with van der Waals surface area (Å²) in [4.78, 5) is 15.3. The first-order valence-electron chi connectivity index (χ1n) is 5.74. The molecule has 0 aliphatic rings. The second-order valence-electron chi connectivity index (χ2n) is 3.39. The summed E-state index contributed by atoms with van der Waals surface area (Å²) in [5.41, 5.74) is 0. The summed E-state index contributed by atoms with van der Waals surface area (Å²) in [6.07, 6.45) is 6.00. The number of nitrogens with one attached hydrogen (secondary N) is 1. The van der Waals surface area contributed by atoms with E-state index in [-0.39, 0.29) is 12.0 Å². The summed E-state index contributed by atoms with van der Waals surface area (Å²) in [5.74, 6) is -0.295. The van der Waals surface area contributed by atoms with Gasteiger partial charge >= 0.3 is 5.97 Å². The van der Waals surface area contributed by atoms with E-state index in [1.54, 1.807) is 30.5 Å². The molecule has 0 saturated carbocycles. The van der Waals surface area contributed by atoms with E-state index in [2.05, 4.69) is 17.2 Å². The molecule has 1 atom stereocenters. The number of ether oxygens (including phenoxy) is 1. The Labute approximate surface area is 106 Å². The number of esters is 1. The van der Waals surface area contributed by atoms with E-state index >= 15 is 0 Å². The van der Waals surface area contributed by atoms with Crippen molar-refractivity contribution in [3.63, 3.8) is 0 Å². The highest BCUT2D eigenvalue weighted by atomic mass is 32.1. The van der Waals surface area contributed by atoms with Crippen molar-refractivity contribution in [2.45, 2.75) is 26.3 Å². The van der Waals surface area contributed by atoms with Crippen LogP contribution in [0.3, 0.4) is 0 Å². The average molecular weight is 254 g/mol. The third-order valence-electron chi connectivity index (χ3n) is 2.18. The zero-order chi connectivity index (χ0) is 12.5. The van der Waals surface area contributed by atoms with Crippen LogP contribution < -0.4 is 5.32 Å². The van der Waals surface area contributed by atoms with E-state index in [1.165, 1.54) is 6.08 Å². The van der Waals surface area contributed by atoms with E-state index in [4.69, 9.17) is 4.74 Å². The number of carbonyl (C=O) groups excluding carboxylic acids is 1. The summed E-state index contributed by atoms with van der Waals surface area (Å²) in [5, 5.41) is 6.37. The predicted octanol–water partition coefficient (Wildman–Crippen LogP) is 2.30. The lowest BCUT2D eigenvalue weighted by molar-refractivity contribution is -0.137. The van der Waals surface area contributed by atoms with Crippen LogP contribution in [-0.4, -0.2) is 24.1 Å². The Bertz CT molecular complexity index is 349. The molecule has 1 aromatic heterocycles. The quantitative estimate of drug-likeness (QED) is 0.599. The van der Waals surface area contributed by atoms with E-state index < -0.39 is 0 Å². The summed E-state index contributed by atoms with van der Waals surface area (Å²) < 4.78 is 4.78. The minimum atomic E-state index is -0.295. The number of hydrogen-bond acceptors (Lipinski definition) is 5. The summed E-state index contributed by atoms with van der Waals surface area (Å²) in [6, 6.07) is 0.252. The van der Waals surface area contributed by atoms with Crippen molar-refractivity contribution in [2.75, 3.05) is 13.2 Å². The minimum Gasteiger partial charge on any atom is -0.463 e. The van der Waals surface area contributed by atoms with Crippen LogP contribution in [0, 0.1) is 0 Å². The zero-order valence-corrected chi connectivity index (χ0v) is 11.0. The Hall–Kier alpha value is -1.20. The van der Waals surface area contributed by atoms with Gasteiger partial charge in [-0.3, -0.25) is 0 Å². The van der Waals surface area contributed by atoms with Crippen LogP contribution in [0.4, 0.5) is 0 Å². The fourth-order valence-electron chi connectivity index (χ4n) is 1.37. The normalized spacial score (nSPS) is 12.8. The highest BCUT2D eigenvalue weighted by Crippen LogP contribution is 2.18. The van der Waals surface area contributed by atoms with E-state index in [0.29, 0.717) is 13.2 Å². The SMILES string of the molecule is CCOC(=O)/C=C/CNC(CC)c1nccs1. The molecule has 1 heterocycles. The van der Waals surface area contributed by atoms with Gasteiger partial charge in [0.15, 0.2) is 0 Å². The van der Waals surface area contributed by atoms with Gasteiger partial charge in [-0.15, -0.1) is 11.3 Å². The van der Waals surface area contributed by atoms with Gasteiger partial charge in [0.1, 0.15) is 5.01 Å². The van der Waals surface area contributed by atoms with Gasteiger partial charge < -0.3 is 10.1 Å². The first-order valence-corrected chi connectivity index (χ1v) is 6.62. The predicted molar refractivity (Wildman–Crippen MR) is 68.9 cm³/mol. The van der Waals surface area contributed by atoms with Crippen molar-refractivity contribution in [3.05, 3.63) is 28.7 Å². The van der Waals surface area contributed by atoms with Gasteiger partial charge in [0.25, 0.3) is 0 Å². The van der Waals surface area contributed by atoms with Gasteiger partial charge in [-0.1, -0.05) is 13.0 Å². The van der Waals surface area contributed by atoms with E-state index in [1.807, 2.05) is 5.38 Å². The second kappa shape index (κ2) is 7.97. The molecule has 1 aromatic rings. The first-order chi connectivity index (χ1) is 8.27. The third-order valence-corrected chi connectivity index (χ3v) is 3.07. The number of thiazole rings is 1. The van der Waals surface area contributed by atoms with E-state index in [9.17, 15) is 4.79 Å². The average Bonchev–Trinajstić information content (AvgIpc) is 2.83. The molecular weight excluding hydrogens is 236 g/mol. The molecule has 17 heavy (non-hydrogen) atoms. The molecule has 94 valence electrons. The van der Waals surface area contributed by atoms with Gasteiger partial charge in [-0.2, -0.15) is 0 Å². The minimum absolute atomic E-state index is 0.252. The Morgan fingerprint density at radius 3 is 3.06 bits per heavy atom. The van der Waals surface area contributed by atoms with E-state index in [0.717, 1.165) is 11.4 Å². The summed E-state index contributed by atoms with van der Waals surface area (Å²) in [7, 11) is 0. The molecule has 0 radical (unpaired) electrons. The summed E-state index contributed by atoms with van der Waals surface area (Å²) in [6.45, 7) is 4.94. The molecule has 1 unspecified atom stereocenters. The topological polar surface area (TPSA) is 51.2 Å². The molecule has 0 bridgehead atoms. The lowest BCUT2D eigenvalue weighted by atomic mass is 10.2. The third kappa shape index (κ3) is 5.10. The first kappa shape index (κ1) is 13.9. The maximum absolute atomic E-state index is 11.0. The van der Waals surface area contributed by atoms with Gasteiger partial charge in [0, 0.05) is 24.2 Å². The molecule has 0 aromatic carbocycles. The number of nitrogens with zero attached hydrogens (tertiary/aromatic N) is 1. The Morgan fingerprint density at radius 1 is 1.65 bits per heavy atom. The van der Waals surface area contributed by atoms with Crippen LogP contribution in [0.5, 0.6) is 0 Å². The smallest absolute Gasteiger partial charge is 0.330 e.